The topological polar surface area (TPSA) is 56.8 Å². The molecule has 0 bridgehead atoms. The molecular formula is C17H29N3O2. The van der Waals surface area contributed by atoms with Crippen molar-refractivity contribution in [2.24, 2.45) is 0 Å². The van der Waals surface area contributed by atoms with Gasteiger partial charge in [0.15, 0.2) is 0 Å². The average molecular weight is 307 g/mol. The van der Waals surface area contributed by atoms with E-state index in [1.54, 1.807) is 7.11 Å². The van der Waals surface area contributed by atoms with Crippen LogP contribution in [0.15, 0.2) is 18.2 Å². The van der Waals surface area contributed by atoms with Crippen molar-refractivity contribution in [2.75, 3.05) is 46.4 Å². The van der Waals surface area contributed by atoms with E-state index in [4.69, 9.17) is 9.84 Å². The molecule has 1 aliphatic rings. The number of aliphatic hydroxyl groups excluding tert-OH is 1. The van der Waals surface area contributed by atoms with E-state index < -0.39 is 0 Å². The number of rotatable bonds is 8. The summed E-state index contributed by atoms with van der Waals surface area (Å²) in [4.78, 5) is 2.49. The molecule has 0 aromatic heterocycles. The summed E-state index contributed by atoms with van der Waals surface area (Å²) >= 11 is 0. The van der Waals surface area contributed by atoms with E-state index in [2.05, 4.69) is 33.7 Å². The first-order valence-corrected chi connectivity index (χ1v) is 8.24. The molecular weight excluding hydrogens is 278 g/mol. The van der Waals surface area contributed by atoms with Crippen LogP contribution in [0, 0.1) is 0 Å². The highest BCUT2D eigenvalue weighted by molar-refractivity contribution is 5.37. The molecule has 5 nitrogen and oxygen atoms in total. The second-order valence-corrected chi connectivity index (χ2v) is 5.78. The fourth-order valence-corrected chi connectivity index (χ4v) is 2.78. The van der Waals surface area contributed by atoms with Crippen molar-refractivity contribution in [2.45, 2.75) is 25.9 Å². The van der Waals surface area contributed by atoms with Crippen LogP contribution in [0.2, 0.25) is 0 Å². The van der Waals surface area contributed by atoms with Crippen LogP contribution >= 0.6 is 0 Å². The van der Waals surface area contributed by atoms with Crippen LogP contribution < -0.4 is 15.4 Å². The second kappa shape index (κ2) is 9.79. The van der Waals surface area contributed by atoms with Gasteiger partial charge in [0, 0.05) is 38.3 Å². The maximum absolute atomic E-state index is 8.80. The maximum atomic E-state index is 8.80. The van der Waals surface area contributed by atoms with Crippen molar-refractivity contribution >= 4 is 0 Å². The Hall–Kier alpha value is -1.14. The zero-order chi connectivity index (χ0) is 15.6. The minimum Gasteiger partial charge on any atom is -0.496 e. The molecule has 1 fully saturated rings. The number of hydrogen-bond donors (Lipinski definition) is 3. The molecule has 5 heteroatoms. The Morgan fingerprint density at radius 1 is 1.32 bits per heavy atom. The van der Waals surface area contributed by atoms with Crippen LogP contribution in [0.5, 0.6) is 5.75 Å². The summed E-state index contributed by atoms with van der Waals surface area (Å²) in [7, 11) is 1.73. The van der Waals surface area contributed by atoms with E-state index in [1.807, 2.05) is 0 Å². The second-order valence-electron chi connectivity index (χ2n) is 5.78. The largest absolute Gasteiger partial charge is 0.496 e. The minimum absolute atomic E-state index is 0.230. The van der Waals surface area contributed by atoms with Crippen LogP contribution in [0.4, 0.5) is 0 Å². The average Bonchev–Trinajstić information content (AvgIpc) is 2.81. The molecule has 1 aromatic rings. The lowest BCUT2D eigenvalue weighted by Gasteiger charge is -2.20. The molecule has 2 rings (SSSR count). The van der Waals surface area contributed by atoms with Gasteiger partial charge in [0.25, 0.3) is 0 Å². The first-order chi connectivity index (χ1) is 10.8. The maximum Gasteiger partial charge on any atom is 0.123 e. The first-order valence-electron chi connectivity index (χ1n) is 8.24. The first kappa shape index (κ1) is 17.2. The SMILES string of the molecule is COc1cc(CN2CCCNCC2)ccc1CNCCCO. The lowest BCUT2D eigenvalue weighted by molar-refractivity contribution is 0.283. The molecule has 22 heavy (non-hydrogen) atoms. The quantitative estimate of drug-likeness (QED) is 0.625. The van der Waals surface area contributed by atoms with Crippen LogP contribution in [-0.4, -0.2) is 56.4 Å². The Kier molecular flexibility index (Phi) is 7.66. The van der Waals surface area contributed by atoms with Gasteiger partial charge >= 0.3 is 0 Å². The lowest BCUT2D eigenvalue weighted by Crippen LogP contribution is -2.27. The highest BCUT2D eigenvalue weighted by Crippen LogP contribution is 2.21. The van der Waals surface area contributed by atoms with Crippen LogP contribution in [0.25, 0.3) is 0 Å². The fraction of sp³-hybridized carbons (Fsp3) is 0.647. The zero-order valence-electron chi connectivity index (χ0n) is 13.6. The molecule has 0 radical (unpaired) electrons. The molecule has 124 valence electrons. The van der Waals surface area contributed by atoms with E-state index in [0.717, 1.165) is 58.0 Å². The third kappa shape index (κ3) is 5.57. The number of benzene rings is 1. The van der Waals surface area contributed by atoms with Gasteiger partial charge in [-0.05, 0) is 44.1 Å². The third-order valence-electron chi connectivity index (χ3n) is 4.02. The highest BCUT2D eigenvalue weighted by atomic mass is 16.5. The molecule has 0 unspecified atom stereocenters. The van der Waals surface area contributed by atoms with Gasteiger partial charge in [0.1, 0.15) is 5.75 Å². The smallest absolute Gasteiger partial charge is 0.123 e. The summed E-state index contributed by atoms with van der Waals surface area (Å²) in [6, 6.07) is 6.50. The molecule has 0 aliphatic carbocycles. The van der Waals surface area contributed by atoms with Gasteiger partial charge in [-0.25, -0.2) is 0 Å². The van der Waals surface area contributed by atoms with Crippen molar-refractivity contribution in [3.05, 3.63) is 29.3 Å². The Labute approximate surface area is 133 Å². The van der Waals surface area contributed by atoms with Gasteiger partial charge in [-0.2, -0.15) is 0 Å². The predicted octanol–water partition coefficient (Wildman–Crippen LogP) is 0.963. The Balaban J connectivity index is 1.92. The monoisotopic (exact) mass is 307 g/mol. The molecule has 1 saturated heterocycles. The molecule has 0 atom stereocenters. The molecule has 1 aromatic carbocycles. The van der Waals surface area contributed by atoms with Crippen molar-refractivity contribution < 1.29 is 9.84 Å². The molecule has 0 amide bonds. The summed E-state index contributed by atoms with van der Waals surface area (Å²) in [5.41, 5.74) is 2.47. The fourth-order valence-electron chi connectivity index (χ4n) is 2.78. The van der Waals surface area contributed by atoms with E-state index in [9.17, 15) is 0 Å². The van der Waals surface area contributed by atoms with Crippen LogP contribution in [0.3, 0.4) is 0 Å². The summed E-state index contributed by atoms with van der Waals surface area (Å²) < 4.78 is 5.54. The Bertz CT molecular complexity index is 432. The molecule has 1 heterocycles. The molecule has 0 spiro atoms. The van der Waals surface area contributed by atoms with Gasteiger partial charge in [0.05, 0.1) is 7.11 Å². The van der Waals surface area contributed by atoms with Crippen molar-refractivity contribution in [1.82, 2.24) is 15.5 Å². The van der Waals surface area contributed by atoms with Crippen molar-refractivity contribution in [1.29, 1.82) is 0 Å². The minimum atomic E-state index is 0.230. The lowest BCUT2D eigenvalue weighted by atomic mass is 10.1. The zero-order valence-corrected chi connectivity index (χ0v) is 13.6. The van der Waals surface area contributed by atoms with E-state index in [0.29, 0.717) is 0 Å². The molecule has 3 N–H and O–H groups in total. The standard InChI is InChI=1S/C17H29N3O2/c1-22-17-12-15(14-20-9-2-6-18-8-10-20)4-5-16(17)13-19-7-3-11-21/h4-5,12,18-19,21H,2-3,6-11,13-14H2,1H3. The summed E-state index contributed by atoms with van der Waals surface area (Å²) in [6.45, 7) is 7.26. The number of ether oxygens (including phenoxy) is 1. The third-order valence-corrected chi connectivity index (χ3v) is 4.02. The summed E-state index contributed by atoms with van der Waals surface area (Å²) in [5.74, 6) is 0.946. The van der Waals surface area contributed by atoms with Gasteiger partial charge < -0.3 is 20.5 Å². The number of hydrogen-bond acceptors (Lipinski definition) is 5. The van der Waals surface area contributed by atoms with Crippen LogP contribution in [0.1, 0.15) is 24.0 Å². The summed E-state index contributed by atoms with van der Waals surface area (Å²) in [5, 5.41) is 15.6. The van der Waals surface area contributed by atoms with Crippen molar-refractivity contribution in [3.8, 4) is 5.75 Å². The number of aliphatic hydroxyl groups is 1. The normalized spacial score (nSPS) is 16.5. The van der Waals surface area contributed by atoms with Gasteiger partial charge in [-0.15, -0.1) is 0 Å². The van der Waals surface area contributed by atoms with Gasteiger partial charge in [-0.1, -0.05) is 12.1 Å². The highest BCUT2D eigenvalue weighted by Gasteiger charge is 2.11. The predicted molar refractivity (Wildman–Crippen MR) is 89.2 cm³/mol. The van der Waals surface area contributed by atoms with Crippen molar-refractivity contribution in [3.63, 3.8) is 0 Å². The van der Waals surface area contributed by atoms with Crippen LogP contribution in [-0.2, 0) is 13.1 Å². The Morgan fingerprint density at radius 3 is 3.05 bits per heavy atom. The number of nitrogens with zero attached hydrogens (tertiary/aromatic N) is 1. The molecule has 0 saturated carbocycles. The molecule has 1 aliphatic heterocycles. The van der Waals surface area contributed by atoms with E-state index in [1.165, 1.54) is 17.5 Å². The van der Waals surface area contributed by atoms with E-state index in [-0.39, 0.29) is 6.61 Å². The summed E-state index contributed by atoms with van der Waals surface area (Å²) in [6.07, 6.45) is 1.99. The number of methoxy groups -OCH3 is 1. The number of nitrogens with one attached hydrogen (secondary N) is 2. The van der Waals surface area contributed by atoms with E-state index >= 15 is 0 Å². The van der Waals surface area contributed by atoms with Gasteiger partial charge in [0.2, 0.25) is 0 Å². The van der Waals surface area contributed by atoms with Gasteiger partial charge in [-0.3, -0.25) is 4.90 Å². The Morgan fingerprint density at radius 2 is 2.23 bits per heavy atom.